The van der Waals surface area contributed by atoms with Crippen molar-refractivity contribution in [3.8, 4) is 0 Å². The Bertz CT molecular complexity index is 324. The van der Waals surface area contributed by atoms with Crippen molar-refractivity contribution in [3.05, 3.63) is 22.5 Å². The van der Waals surface area contributed by atoms with Crippen LogP contribution in [0.4, 0.5) is 15.8 Å². The van der Waals surface area contributed by atoms with Crippen molar-refractivity contribution in [2.45, 2.75) is 33.6 Å². The molecule has 2 nitrogen and oxygen atoms in total. The molecular formula is C11H17FN2. The maximum absolute atomic E-state index is 13.8. The molecule has 1 aromatic carbocycles. The number of nitrogen functional groups attached to an aromatic ring is 2. The van der Waals surface area contributed by atoms with Crippen LogP contribution in [0, 0.1) is 12.7 Å². The van der Waals surface area contributed by atoms with E-state index in [9.17, 15) is 4.39 Å². The van der Waals surface area contributed by atoms with E-state index in [1.165, 1.54) is 0 Å². The van der Waals surface area contributed by atoms with E-state index in [2.05, 4.69) is 0 Å². The quantitative estimate of drug-likeness (QED) is 0.714. The van der Waals surface area contributed by atoms with Crippen molar-refractivity contribution in [1.29, 1.82) is 0 Å². The molecule has 0 aliphatic rings. The molecule has 0 saturated heterocycles. The first-order valence-corrected chi connectivity index (χ1v) is 4.89. The van der Waals surface area contributed by atoms with Crippen LogP contribution in [0.3, 0.4) is 0 Å². The van der Waals surface area contributed by atoms with Crippen molar-refractivity contribution in [1.82, 2.24) is 0 Å². The van der Waals surface area contributed by atoms with Crippen LogP contribution in [0.1, 0.15) is 30.5 Å². The molecule has 0 unspecified atom stereocenters. The van der Waals surface area contributed by atoms with Gasteiger partial charge in [0.05, 0.1) is 11.4 Å². The second kappa shape index (κ2) is 3.86. The summed E-state index contributed by atoms with van der Waals surface area (Å²) in [5.74, 6) is -0.198. The third-order valence-electron chi connectivity index (χ3n) is 2.68. The van der Waals surface area contributed by atoms with E-state index in [0.29, 0.717) is 28.9 Å². The molecule has 0 fully saturated rings. The Morgan fingerprint density at radius 3 is 1.93 bits per heavy atom. The molecule has 0 radical (unpaired) electrons. The van der Waals surface area contributed by atoms with E-state index in [-0.39, 0.29) is 5.82 Å². The second-order valence-corrected chi connectivity index (χ2v) is 3.43. The van der Waals surface area contributed by atoms with Gasteiger partial charge in [0.2, 0.25) is 0 Å². The lowest BCUT2D eigenvalue weighted by atomic mass is 9.96. The van der Waals surface area contributed by atoms with E-state index >= 15 is 0 Å². The SMILES string of the molecule is CCc1c(N)c(N)c(C)c(F)c1CC. The second-order valence-electron chi connectivity index (χ2n) is 3.43. The van der Waals surface area contributed by atoms with Gasteiger partial charge in [0.15, 0.2) is 0 Å². The number of anilines is 2. The monoisotopic (exact) mass is 196 g/mol. The first-order chi connectivity index (χ1) is 6.54. The van der Waals surface area contributed by atoms with Gasteiger partial charge in [-0.3, -0.25) is 0 Å². The normalized spacial score (nSPS) is 10.6. The van der Waals surface area contributed by atoms with Crippen LogP contribution >= 0.6 is 0 Å². The van der Waals surface area contributed by atoms with Gasteiger partial charge in [-0.15, -0.1) is 0 Å². The highest BCUT2D eigenvalue weighted by Crippen LogP contribution is 2.31. The average Bonchev–Trinajstić information content (AvgIpc) is 2.20. The Morgan fingerprint density at radius 1 is 1.00 bits per heavy atom. The van der Waals surface area contributed by atoms with Gasteiger partial charge in [-0.2, -0.15) is 0 Å². The lowest BCUT2D eigenvalue weighted by Crippen LogP contribution is -2.08. The molecule has 14 heavy (non-hydrogen) atoms. The van der Waals surface area contributed by atoms with E-state index in [1.54, 1.807) is 6.92 Å². The summed E-state index contributed by atoms with van der Waals surface area (Å²) >= 11 is 0. The number of nitrogens with two attached hydrogens (primary N) is 2. The minimum absolute atomic E-state index is 0.198. The molecular weight excluding hydrogens is 179 g/mol. The molecule has 0 aliphatic carbocycles. The Morgan fingerprint density at radius 2 is 1.50 bits per heavy atom. The zero-order chi connectivity index (χ0) is 10.9. The minimum Gasteiger partial charge on any atom is -0.397 e. The maximum atomic E-state index is 13.8. The van der Waals surface area contributed by atoms with Crippen LogP contribution in [-0.2, 0) is 12.8 Å². The van der Waals surface area contributed by atoms with Crippen molar-refractivity contribution in [2.75, 3.05) is 11.5 Å². The summed E-state index contributed by atoms with van der Waals surface area (Å²) in [4.78, 5) is 0. The van der Waals surface area contributed by atoms with Crippen molar-refractivity contribution in [2.24, 2.45) is 0 Å². The van der Waals surface area contributed by atoms with Gasteiger partial charge in [0.25, 0.3) is 0 Å². The smallest absolute Gasteiger partial charge is 0.131 e. The molecule has 0 aromatic heterocycles. The molecule has 1 aromatic rings. The van der Waals surface area contributed by atoms with Gasteiger partial charge in [-0.05, 0) is 30.9 Å². The molecule has 0 atom stereocenters. The summed E-state index contributed by atoms with van der Waals surface area (Å²) in [6, 6.07) is 0. The predicted molar refractivity (Wildman–Crippen MR) is 58.7 cm³/mol. The van der Waals surface area contributed by atoms with Gasteiger partial charge in [0, 0.05) is 5.56 Å². The van der Waals surface area contributed by atoms with Crippen LogP contribution in [0.5, 0.6) is 0 Å². The number of hydrogen-bond acceptors (Lipinski definition) is 2. The highest BCUT2D eigenvalue weighted by Gasteiger charge is 2.16. The Hall–Kier alpha value is -1.25. The standard InChI is InChI=1S/C11H17FN2/c1-4-7-8(5-2)11(14)10(13)6(3)9(7)12/h4-5,13-14H2,1-3H3. The maximum Gasteiger partial charge on any atom is 0.131 e. The molecule has 0 saturated carbocycles. The fraction of sp³-hybridized carbons (Fsp3) is 0.455. The lowest BCUT2D eigenvalue weighted by Gasteiger charge is -2.15. The van der Waals surface area contributed by atoms with Crippen LogP contribution in [0.25, 0.3) is 0 Å². The molecule has 0 bridgehead atoms. The molecule has 4 N–H and O–H groups in total. The van der Waals surface area contributed by atoms with Gasteiger partial charge < -0.3 is 11.5 Å². The number of halogens is 1. The first-order valence-electron chi connectivity index (χ1n) is 4.89. The predicted octanol–water partition coefficient (Wildman–Crippen LogP) is 2.42. The van der Waals surface area contributed by atoms with Crippen LogP contribution in [-0.4, -0.2) is 0 Å². The van der Waals surface area contributed by atoms with Gasteiger partial charge in [0.1, 0.15) is 5.82 Å². The molecule has 0 aliphatic heterocycles. The van der Waals surface area contributed by atoms with E-state index < -0.39 is 0 Å². The summed E-state index contributed by atoms with van der Waals surface area (Å²) in [6.07, 6.45) is 1.37. The summed E-state index contributed by atoms with van der Waals surface area (Å²) < 4.78 is 13.8. The first kappa shape index (κ1) is 10.8. The van der Waals surface area contributed by atoms with Gasteiger partial charge in [-0.25, -0.2) is 4.39 Å². The third-order valence-corrected chi connectivity index (χ3v) is 2.68. The highest BCUT2D eigenvalue weighted by atomic mass is 19.1. The molecule has 0 spiro atoms. The molecule has 78 valence electrons. The van der Waals surface area contributed by atoms with Crippen LogP contribution in [0.2, 0.25) is 0 Å². The van der Waals surface area contributed by atoms with Crippen molar-refractivity contribution < 1.29 is 4.39 Å². The summed E-state index contributed by atoms with van der Waals surface area (Å²) in [6.45, 7) is 5.55. The number of benzene rings is 1. The highest BCUT2D eigenvalue weighted by molar-refractivity contribution is 5.73. The molecule has 1 rings (SSSR count). The van der Waals surface area contributed by atoms with Gasteiger partial charge in [-0.1, -0.05) is 13.8 Å². The number of rotatable bonds is 2. The van der Waals surface area contributed by atoms with Crippen molar-refractivity contribution in [3.63, 3.8) is 0 Å². The van der Waals surface area contributed by atoms with Crippen molar-refractivity contribution >= 4 is 11.4 Å². The topological polar surface area (TPSA) is 52.0 Å². The Balaban J connectivity index is 3.57. The average molecular weight is 196 g/mol. The minimum atomic E-state index is -0.198. The van der Waals surface area contributed by atoms with E-state index in [4.69, 9.17) is 11.5 Å². The zero-order valence-corrected chi connectivity index (χ0v) is 8.95. The summed E-state index contributed by atoms with van der Waals surface area (Å²) in [5, 5.41) is 0. The fourth-order valence-electron chi connectivity index (χ4n) is 1.78. The largest absolute Gasteiger partial charge is 0.397 e. The van der Waals surface area contributed by atoms with E-state index in [1.807, 2.05) is 13.8 Å². The molecule has 0 heterocycles. The summed E-state index contributed by atoms with van der Waals surface area (Å²) in [5.41, 5.74) is 14.5. The fourth-order valence-corrected chi connectivity index (χ4v) is 1.78. The van der Waals surface area contributed by atoms with E-state index in [0.717, 1.165) is 12.0 Å². The molecule has 3 heteroatoms. The van der Waals surface area contributed by atoms with Crippen LogP contribution < -0.4 is 11.5 Å². The number of hydrogen-bond donors (Lipinski definition) is 2. The van der Waals surface area contributed by atoms with Crippen LogP contribution in [0.15, 0.2) is 0 Å². The zero-order valence-electron chi connectivity index (χ0n) is 8.95. The Kier molecular flexibility index (Phi) is 2.99. The summed E-state index contributed by atoms with van der Waals surface area (Å²) in [7, 11) is 0. The van der Waals surface area contributed by atoms with Gasteiger partial charge >= 0.3 is 0 Å². The lowest BCUT2D eigenvalue weighted by molar-refractivity contribution is 0.601. The Labute approximate surface area is 84.1 Å². The third kappa shape index (κ3) is 1.43. The molecule has 0 amide bonds.